The van der Waals surface area contributed by atoms with Gasteiger partial charge in [-0.05, 0) is 69.6 Å². The van der Waals surface area contributed by atoms with Crippen LogP contribution < -0.4 is 0 Å². The van der Waals surface area contributed by atoms with Gasteiger partial charge in [0.05, 0.1) is 22.1 Å². The molecule has 0 unspecified atom stereocenters. The molecule has 11 rings (SSSR count). The first kappa shape index (κ1) is 28.8. The van der Waals surface area contributed by atoms with Gasteiger partial charge in [0.25, 0.3) is 0 Å². The first-order chi connectivity index (χ1) is 25.7. The Balaban J connectivity index is 1.33. The molecule has 4 heterocycles. The first-order valence-corrected chi connectivity index (χ1v) is 17.5. The molecule has 5 nitrogen and oxygen atoms in total. The summed E-state index contributed by atoms with van der Waals surface area (Å²) in [6, 6.07) is 44.8. The van der Waals surface area contributed by atoms with Crippen LogP contribution in [0.3, 0.4) is 0 Å². The number of hydrogen-bond donors (Lipinski definition) is 0. The van der Waals surface area contributed by atoms with Crippen molar-refractivity contribution in [1.29, 1.82) is 0 Å². The standard InChI is InChI=1S/C47H29N3O2/c1-3-4-20-38-27(2)40-44(35-26-30-15-7-10-18-33(30)41-34-19-11-12-21-39(34)51-45(35)41)48-47(49-46(40)52-38)50-36-24-22-28-13-5-8-16-31(28)42(36)43-32-17-9-6-14-29(32)23-25-37(43)50/h3-26H,1H2,2H3/b20-4-. The predicted molar refractivity (Wildman–Crippen MR) is 215 cm³/mol. The zero-order chi connectivity index (χ0) is 34.5. The Morgan fingerprint density at radius 1 is 0.596 bits per heavy atom. The average molecular weight is 668 g/mol. The topological polar surface area (TPSA) is 57.0 Å². The fourth-order valence-electron chi connectivity index (χ4n) is 8.27. The predicted octanol–water partition coefficient (Wildman–Crippen LogP) is 12.9. The summed E-state index contributed by atoms with van der Waals surface area (Å²) in [5.74, 6) is 1.24. The lowest BCUT2D eigenvalue weighted by molar-refractivity contribution is 0.588. The number of hydrogen-bond acceptors (Lipinski definition) is 4. The monoisotopic (exact) mass is 667 g/mol. The summed E-state index contributed by atoms with van der Waals surface area (Å²) in [6.45, 7) is 5.95. The van der Waals surface area contributed by atoms with Gasteiger partial charge in [-0.15, -0.1) is 0 Å². The fourth-order valence-corrected chi connectivity index (χ4v) is 8.27. The van der Waals surface area contributed by atoms with E-state index >= 15 is 0 Å². The number of fused-ring (bicyclic) bond motifs is 13. The second-order valence-corrected chi connectivity index (χ2v) is 13.4. The van der Waals surface area contributed by atoms with Gasteiger partial charge in [-0.2, -0.15) is 4.98 Å². The van der Waals surface area contributed by atoms with Gasteiger partial charge in [0, 0.05) is 32.7 Å². The van der Waals surface area contributed by atoms with Crippen LogP contribution >= 0.6 is 0 Å². The maximum absolute atomic E-state index is 6.75. The number of nitrogens with zero attached hydrogens (tertiary/aromatic N) is 3. The highest BCUT2D eigenvalue weighted by molar-refractivity contribution is 6.28. The smallest absolute Gasteiger partial charge is 0.238 e. The van der Waals surface area contributed by atoms with Gasteiger partial charge in [-0.25, -0.2) is 4.98 Å². The van der Waals surface area contributed by atoms with Crippen LogP contribution in [0.15, 0.2) is 155 Å². The van der Waals surface area contributed by atoms with Crippen molar-refractivity contribution in [2.75, 3.05) is 0 Å². The van der Waals surface area contributed by atoms with Crippen LogP contribution in [0.1, 0.15) is 11.3 Å². The molecule has 244 valence electrons. The largest absolute Gasteiger partial charge is 0.455 e. The molecule has 0 saturated carbocycles. The second kappa shape index (κ2) is 10.8. The summed E-state index contributed by atoms with van der Waals surface area (Å²) in [4.78, 5) is 10.8. The van der Waals surface area contributed by atoms with Crippen LogP contribution in [-0.4, -0.2) is 14.5 Å². The number of para-hydroxylation sites is 1. The lowest BCUT2D eigenvalue weighted by atomic mass is 9.97. The lowest BCUT2D eigenvalue weighted by Gasteiger charge is -2.11. The summed E-state index contributed by atoms with van der Waals surface area (Å²) >= 11 is 0. The van der Waals surface area contributed by atoms with Crippen molar-refractivity contribution < 1.29 is 8.83 Å². The third kappa shape index (κ3) is 3.93. The molecule has 0 bridgehead atoms. The average Bonchev–Trinajstić information content (AvgIpc) is 3.86. The van der Waals surface area contributed by atoms with E-state index in [0.29, 0.717) is 17.4 Å². The fraction of sp³-hybridized carbons (Fsp3) is 0.0213. The minimum Gasteiger partial charge on any atom is -0.455 e. The van der Waals surface area contributed by atoms with Gasteiger partial charge in [-0.3, -0.25) is 4.57 Å². The van der Waals surface area contributed by atoms with Gasteiger partial charge in [0.1, 0.15) is 16.9 Å². The number of allylic oxidation sites excluding steroid dienone is 2. The summed E-state index contributed by atoms with van der Waals surface area (Å²) in [5, 5.41) is 12.3. The molecule has 0 N–H and O–H groups in total. The Hall–Kier alpha value is -6.98. The Morgan fingerprint density at radius 2 is 1.19 bits per heavy atom. The van der Waals surface area contributed by atoms with Crippen LogP contribution in [0.4, 0.5) is 0 Å². The van der Waals surface area contributed by atoms with E-state index in [4.69, 9.17) is 18.8 Å². The lowest BCUT2D eigenvalue weighted by Crippen LogP contribution is -2.03. The highest BCUT2D eigenvalue weighted by Crippen LogP contribution is 2.45. The summed E-state index contributed by atoms with van der Waals surface area (Å²) < 4.78 is 15.5. The SMILES string of the molecule is C=C/C=C\c1oc2nc(-n3c4ccc5ccccc5c4c4c5ccccc5ccc43)nc(-c3cc4ccccc4c4c3oc3ccccc34)c2c1C. The maximum Gasteiger partial charge on any atom is 0.238 e. The molecule has 0 saturated heterocycles. The normalized spacial score (nSPS) is 12.3. The van der Waals surface area contributed by atoms with Gasteiger partial charge in [0.2, 0.25) is 11.7 Å². The van der Waals surface area contributed by atoms with E-state index in [-0.39, 0.29) is 0 Å². The molecule has 4 aromatic heterocycles. The van der Waals surface area contributed by atoms with Crippen molar-refractivity contribution in [3.8, 4) is 17.2 Å². The first-order valence-electron chi connectivity index (χ1n) is 17.5. The number of rotatable bonds is 4. The van der Waals surface area contributed by atoms with Crippen LogP contribution in [-0.2, 0) is 0 Å². The summed E-state index contributed by atoms with van der Waals surface area (Å²) in [7, 11) is 0. The van der Waals surface area contributed by atoms with Crippen LogP contribution in [0.2, 0.25) is 0 Å². The molecule has 0 fully saturated rings. The zero-order valence-corrected chi connectivity index (χ0v) is 28.2. The molecule has 0 spiro atoms. The van der Waals surface area contributed by atoms with E-state index in [1.165, 1.54) is 32.3 Å². The van der Waals surface area contributed by atoms with Crippen molar-refractivity contribution >= 4 is 93.2 Å². The molecular weight excluding hydrogens is 639 g/mol. The Bertz CT molecular complexity index is 3240. The molecule has 11 aromatic rings. The minimum absolute atomic E-state index is 0.509. The molecule has 0 atom stereocenters. The van der Waals surface area contributed by atoms with Crippen LogP contribution in [0.25, 0.3) is 110 Å². The molecule has 0 aliphatic rings. The Kier molecular flexibility index (Phi) is 5.96. The highest BCUT2D eigenvalue weighted by Gasteiger charge is 2.26. The number of aromatic nitrogens is 3. The molecule has 0 amide bonds. The van der Waals surface area contributed by atoms with E-state index in [1.807, 2.05) is 24.3 Å². The van der Waals surface area contributed by atoms with Gasteiger partial charge < -0.3 is 8.83 Å². The van der Waals surface area contributed by atoms with E-state index in [2.05, 4.69) is 133 Å². The molecule has 0 radical (unpaired) electrons. The molecule has 5 heteroatoms. The molecule has 0 aliphatic heterocycles. The van der Waals surface area contributed by atoms with Crippen molar-refractivity contribution in [1.82, 2.24) is 14.5 Å². The number of aryl methyl sites for hydroxylation is 1. The summed E-state index contributed by atoms with van der Waals surface area (Å²) in [5.41, 5.74) is 6.77. The Morgan fingerprint density at radius 3 is 1.87 bits per heavy atom. The van der Waals surface area contributed by atoms with Gasteiger partial charge >= 0.3 is 0 Å². The molecule has 0 aliphatic carbocycles. The third-order valence-electron chi connectivity index (χ3n) is 10.6. The summed E-state index contributed by atoms with van der Waals surface area (Å²) in [6.07, 6.45) is 5.57. The van der Waals surface area contributed by atoms with Crippen molar-refractivity contribution in [2.45, 2.75) is 6.92 Å². The Labute approximate surface area is 297 Å². The third-order valence-corrected chi connectivity index (χ3v) is 10.6. The van der Waals surface area contributed by atoms with E-state index in [9.17, 15) is 0 Å². The van der Waals surface area contributed by atoms with Gasteiger partial charge in [-0.1, -0.05) is 122 Å². The van der Waals surface area contributed by atoms with E-state index in [0.717, 1.165) is 66.0 Å². The zero-order valence-electron chi connectivity index (χ0n) is 28.2. The van der Waals surface area contributed by atoms with Crippen LogP contribution in [0, 0.1) is 6.92 Å². The van der Waals surface area contributed by atoms with Crippen LogP contribution in [0.5, 0.6) is 0 Å². The minimum atomic E-state index is 0.509. The second-order valence-electron chi connectivity index (χ2n) is 13.4. The number of benzene rings is 7. The molecular formula is C47H29N3O2. The highest BCUT2D eigenvalue weighted by atomic mass is 16.3. The van der Waals surface area contributed by atoms with Crippen molar-refractivity contribution in [3.63, 3.8) is 0 Å². The molecule has 7 aromatic carbocycles. The van der Waals surface area contributed by atoms with Crippen molar-refractivity contribution in [3.05, 3.63) is 157 Å². The van der Waals surface area contributed by atoms with E-state index < -0.39 is 0 Å². The van der Waals surface area contributed by atoms with Gasteiger partial charge in [0.15, 0.2) is 0 Å². The van der Waals surface area contributed by atoms with Crippen molar-refractivity contribution in [2.24, 2.45) is 0 Å². The van der Waals surface area contributed by atoms with E-state index in [1.54, 1.807) is 6.08 Å². The quantitative estimate of drug-likeness (QED) is 0.175. The molecule has 52 heavy (non-hydrogen) atoms. The maximum atomic E-state index is 6.75. The number of furan rings is 2.